The average Bonchev–Trinajstić information content (AvgIpc) is 3.15. The molecule has 8 heteroatoms. The van der Waals surface area contributed by atoms with Crippen molar-refractivity contribution in [3.63, 3.8) is 0 Å². The normalized spacial score (nSPS) is 19.1. The van der Waals surface area contributed by atoms with Gasteiger partial charge in [0, 0.05) is 10.3 Å². The first-order valence-electron chi connectivity index (χ1n) is 8.33. The summed E-state index contributed by atoms with van der Waals surface area (Å²) in [7, 11) is 1.54. The van der Waals surface area contributed by atoms with E-state index in [2.05, 4.69) is 5.32 Å². The number of methoxy groups -OCH3 is 1. The van der Waals surface area contributed by atoms with E-state index in [1.165, 1.54) is 23.8 Å². The van der Waals surface area contributed by atoms with Crippen molar-refractivity contribution >= 4 is 40.1 Å². The topological polar surface area (TPSA) is 71.8 Å². The smallest absolute Gasteiger partial charge is 0.252 e. The minimum atomic E-state index is -0.733. The molecule has 1 aliphatic heterocycles. The summed E-state index contributed by atoms with van der Waals surface area (Å²) in [6.07, 6.45) is 1.55. The zero-order valence-corrected chi connectivity index (χ0v) is 16.9. The zero-order valence-electron chi connectivity index (χ0n) is 15.2. The molecule has 142 valence electrons. The molecule has 0 aliphatic carbocycles. The zero-order chi connectivity index (χ0) is 19.6. The highest BCUT2D eigenvalue weighted by Crippen LogP contribution is 2.37. The molecule has 2 amide bonds. The lowest BCUT2D eigenvalue weighted by Gasteiger charge is -2.42. The van der Waals surface area contributed by atoms with Crippen LogP contribution in [0, 0.1) is 0 Å². The van der Waals surface area contributed by atoms with Gasteiger partial charge in [-0.15, -0.1) is 0 Å². The van der Waals surface area contributed by atoms with E-state index >= 15 is 0 Å². The summed E-state index contributed by atoms with van der Waals surface area (Å²) in [5, 5.41) is 2.86. The minimum absolute atomic E-state index is 0.235. The molecule has 2 aromatic rings. The highest BCUT2D eigenvalue weighted by molar-refractivity contribution is 8.24. The van der Waals surface area contributed by atoms with Crippen LogP contribution in [0.25, 0.3) is 0 Å². The third kappa shape index (κ3) is 4.17. The van der Waals surface area contributed by atoms with E-state index in [1.54, 1.807) is 42.7 Å². The lowest BCUT2D eigenvalue weighted by molar-refractivity contribution is -0.130. The highest BCUT2D eigenvalue weighted by atomic mass is 32.2. The van der Waals surface area contributed by atoms with Gasteiger partial charge in [-0.05, 0) is 44.2 Å². The summed E-state index contributed by atoms with van der Waals surface area (Å²) in [5.74, 6) is 0.610. The number of hydrogen-bond acceptors (Lipinski definition) is 6. The number of thioether (sulfide) groups is 1. The molecule has 1 unspecified atom stereocenters. The van der Waals surface area contributed by atoms with Gasteiger partial charge in [0.2, 0.25) is 0 Å². The molecule has 0 radical (unpaired) electrons. The fourth-order valence-electron chi connectivity index (χ4n) is 2.80. The van der Waals surface area contributed by atoms with Gasteiger partial charge in [0.1, 0.15) is 21.9 Å². The molecule has 1 aliphatic rings. The molecule has 0 bridgehead atoms. The average molecular weight is 405 g/mol. The first-order chi connectivity index (χ1) is 12.8. The van der Waals surface area contributed by atoms with E-state index in [4.69, 9.17) is 21.4 Å². The number of nitrogens with one attached hydrogen (secondary N) is 1. The van der Waals surface area contributed by atoms with Crippen LogP contribution in [-0.4, -0.2) is 38.9 Å². The molecule has 1 aromatic carbocycles. The van der Waals surface area contributed by atoms with Crippen LogP contribution in [0.3, 0.4) is 0 Å². The predicted octanol–water partition coefficient (Wildman–Crippen LogP) is 3.23. The Morgan fingerprint density at radius 3 is 2.81 bits per heavy atom. The third-order valence-corrected chi connectivity index (χ3v) is 5.91. The van der Waals surface area contributed by atoms with Crippen LogP contribution in [0.5, 0.6) is 5.75 Å². The predicted molar refractivity (Wildman–Crippen MR) is 108 cm³/mol. The number of ether oxygens (including phenoxy) is 1. The van der Waals surface area contributed by atoms with Crippen LogP contribution in [0.15, 0.2) is 47.1 Å². The van der Waals surface area contributed by atoms with E-state index in [9.17, 15) is 9.59 Å². The van der Waals surface area contributed by atoms with Gasteiger partial charge in [-0.1, -0.05) is 30.0 Å². The number of benzene rings is 1. The SMILES string of the molecule is COc1cccc(C(=O)NC2C(=O)N(Cc3ccco3)C(=S)SC2(C)C)c1. The van der Waals surface area contributed by atoms with Gasteiger partial charge in [0.05, 0.1) is 19.9 Å². The number of amides is 2. The van der Waals surface area contributed by atoms with Gasteiger partial charge in [-0.2, -0.15) is 0 Å². The van der Waals surface area contributed by atoms with Gasteiger partial charge in [0.25, 0.3) is 11.8 Å². The Kier molecular flexibility index (Phi) is 5.57. The van der Waals surface area contributed by atoms with E-state index in [-0.39, 0.29) is 18.4 Å². The maximum absolute atomic E-state index is 13.1. The molecular formula is C19H20N2O4S2. The molecule has 1 saturated heterocycles. The third-order valence-electron chi connectivity index (χ3n) is 4.28. The Morgan fingerprint density at radius 2 is 2.15 bits per heavy atom. The Labute approximate surface area is 167 Å². The molecule has 1 fully saturated rings. The molecule has 27 heavy (non-hydrogen) atoms. The van der Waals surface area contributed by atoms with Crippen molar-refractivity contribution in [1.82, 2.24) is 10.2 Å². The van der Waals surface area contributed by atoms with Gasteiger partial charge >= 0.3 is 0 Å². The number of thiocarbonyl (C=S) groups is 1. The van der Waals surface area contributed by atoms with Gasteiger partial charge < -0.3 is 14.5 Å². The summed E-state index contributed by atoms with van der Waals surface area (Å²) < 4.78 is 10.4. The number of nitrogens with zero attached hydrogens (tertiary/aromatic N) is 1. The van der Waals surface area contributed by atoms with Crippen LogP contribution in [0.4, 0.5) is 0 Å². The molecule has 1 N–H and O–H groups in total. The fraction of sp³-hybridized carbons (Fsp3) is 0.316. The van der Waals surface area contributed by atoms with Crippen molar-refractivity contribution < 1.29 is 18.7 Å². The number of carbonyl (C=O) groups is 2. The summed E-state index contributed by atoms with van der Waals surface area (Å²) in [4.78, 5) is 27.3. The standard InChI is InChI=1S/C19H20N2O4S2/c1-19(2)15(20-16(22)12-6-4-7-13(10-12)24-3)17(23)21(18(26)27-19)11-14-8-5-9-25-14/h4-10,15H,11H2,1-3H3,(H,20,22). The van der Waals surface area contributed by atoms with Crippen molar-refractivity contribution in [2.75, 3.05) is 7.11 Å². The maximum atomic E-state index is 13.1. The number of carbonyl (C=O) groups excluding carboxylic acids is 2. The Bertz CT molecular complexity index is 864. The van der Waals surface area contributed by atoms with Crippen molar-refractivity contribution in [3.8, 4) is 5.75 Å². The van der Waals surface area contributed by atoms with Crippen LogP contribution in [-0.2, 0) is 11.3 Å². The van der Waals surface area contributed by atoms with E-state index in [0.29, 0.717) is 21.4 Å². The number of rotatable bonds is 5. The highest BCUT2D eigenvalue weighted by Gasteiger charge is 2.46. The van der Waals surface area contributed by atoms with E-state index in [1.807, 2.05) is 13.8 Å². The molecule has 6 nitrogen and oxygen atoms in total. The summed E-state index contributed by atoms with van der Waals surface area (Å²) in [6, 6.07) is 9.60. The van der Waals surface area contributed by atoms with Gasteiger partial charge in [0.15, 0.2) is 0 Å². The summed E-state index contributed by atoms with van der Waals surface area (Å²) in [5.41, 5.74) is 0.425. The van der Waals surface area contributed by atoms with Crippen LogP contribution < -0.4 is 10.1 Å². The summed E-state index contributed by atoms with van der Waals surface area (Å²) >= 11 is 6.80. The molecule has 1 atom stereocenters. The molecule has 2 heterocycles. The van der Waals surface area contributed by atoms with Crippen LogP contribution in [0.2, 0.25) is 0 Å². The first-order valence-corrected chi connectivity index (χ1v) is 9.56. The van der Waals surface area contributed by atoms with E-state index < -0.39 is 10.8 Å². The fourth-order valence-corrected chi connectivity index (χ4v) is 4.59. The number of hydrogen-bond donors (Lipinski definition) is 1. The monoisotopic (exact) mass is 404 g/mol. The summed E-state index contributed by atoms with van der Waals surface area (Å²) in [6.45, 7) is 4.02. The Morgan fingerprint density at radius 1 is 1.37 bits per heavy atom. The molecular weight excluding hydrogens is 384 g/mol. The van der Waals surface area contributed by atoms with Crippen LogP contribution in [0.1, 0.15) is 30.0 Å². The minimum Gasteiger partial charge on any atom is -0.497 e. The maximum Gasteiger partial charge on any atom is 0.252 e. The molecule has 0 saturated carbocycles. The lowest BCUT2D eigenvalue weighted by Crippen LogP contribution is -2.62. The molecule has 0 spiro atoms. The Hall–Kier alpha value is -2.32. The first kappa shape index (κ1) is 19.4. The largest absolute Gasteiger partial charge is 0.497 e. The van der Waals surface area contributed by atoms with Crippen molar-refractivity contribution in [3.05, 3.63) is 54.0 Å². The van der Waals surface area contributed by atoms with E-state index in [0.717, 1.165) is 0 Å². The number of furan rings is 1. The second-order valence-corrected chi connectivity index (χ2v) is 8.90. The quantitative estimate of drug-likeness (QED) is 0.772. The van der Waals surface area contributed by atoms with Crippen LogP contribution >= 0.6 is 24.0 Å². The van der Waals surface area contributed by atoms with Gasteiger partial charge in [-0.25, -0.2) is 0 Å². The van der Waals surface area contributed by atoms with Gasteiger partial charge in [-0.3, -0.25) is 14.5 Å². The van der Waals surface area contributed by atoms with Crippen molar-refractivity contribution in [2.24, 2.45) is 0 Å². The van der Waals surface area contributed by atoms with Crippen molar-refractivity contribution in [2.45, 2.75) is 31.2 Å². The molecule has 3 rings (SSSR count). The van der Waals surface area contributed by atoms with Crippen molar-refractivity contribution in [1.29, 1.82) is 0 Å². The Balaban J connectivity index is 1.81. The lowest BCUT2D eigenvalue weighted by atomic mass is 10.0. The second kappa shape index (κ2) is 7.74. The molecule has 1 aromatic heterocycles. The second-order valence-electron chi connectivity index (χ2n) is 6.61.